The molecule has 1 fully saturated rings. The minimum atomic E-state index is 0.197. The molecule has 1 aliphatic rings. The zero-order valence-corrected chi connectivity index (χ0v) is 9.50. The number of rotatable bonds is 4. The fourth-order valence-electron chi connectivity index (χ4n) is 2.34. The molecule has 2 heteroatoms. The molecule has 0 amide bonds. The van der Waals surface area contributed by atoms with Gasteiger partial charge in [0.05, 0.1) is 12.1 Å². The van der Waals surface area contributed by atoms with Crippen molar-refractivity contribution >= 4 is 0 Å². The van der Waals surface area contributed by atoms with Gasteiger partial charge in [-0.05, 0) is 38.1 Å². The average Bonchev–Trinajstić information content (AvgIpc) is 2.19. The molecule has 2 unspecified atom stereocenters. The number of hydrogen-bond donors (Lipinski definition) is 0. The zero-order valence-electron chi connectivity index (χ0n) is 9.50. The van der Waals surface area contributed by atoms with Gasteiger partial charge in [-0.1, -0.05) is 20.3 Å². The Morgan fingerprint density at radius 2 is 2.29 bits per heavy atom. The van der Waals surface area contributed by atoms with E-state index in [-0.39, 0.29) is 6.04 Å². The normalized spacial score (nSPS) is 25.6. The summed E-state index contributed by atoms with van der Waals surface area (Å²) in [7, 11) is 0. The summed E-state index contributed by atoms with van der Waals surface area (Å²) >= 11 is 0. The van der Waals surface area contributed by atoms with Crippen LogP contribution in [0.5, 0.6) is 0 Å². The summed E-state index contributed by atoms with van der Waals surface area (Å²) in [6.45, 7) is 6.78. The van der Waals surface area contributed by atoms with Crippen molar-refractivity contribution in [2.24, 2.45) is 5.92 Å². The standard InChI is InChI=1S/C12H22N2/c1-3-6-11(2)10-14-8-5-4-7-12(14)9-13/h11-12H,3-8,10H2,1-2H3. The van der Waals surface area contributed by atoms with Crippen LogP contribution < -0.4 is 0 Å². The van der Waals surface area contributed by atoms with E-state index >= 15 is 0 Å². The summed E-state index contributed by atoms with van der Waals surface area (Å²) in [5.74, 6) is 0.744. The number of hydrogen-bond acceptors (Lipinski definition) is 2. The van der Waals surface area contributed by atoms with Crippen molar-refractivity contribution in [1.82, 2.24) is 4.90 Å². The van der Waals surface area contributed by atoms with E-state index in [0.717, 1.165) is 25.4 Å². The summed E-state index contributed by atoms with van der Waals surface area (Å²) in [4.78, 5) is 2.38. The van der Waals surface area contributed by atoms with Gasteiger partial charge in [-0.25, -0.2) is 0 Å². The monoisotopic (exact) mass is 194 g/mol. The minimum absolute atomic E-state index is 0.197. The van der Waals surface area contributed by atoms with Crippen molar-refractivity contribution < 1.29 is 0 Å². The van der Waals surface area contributed by atoms with Crippen LogP contribution in [0.1, 0.15) is 46.0 Å². The lowest BCUT2D eigenvalue weighted by Gasteiger charge is -2.33. The largest absolute Gasteiger partial charge is 0.288 e. The first-order valence-electron chi connectivity index (χ1n) is 5.91. The molecule has 2 nitrogen and oxygen atoms in total. The quantitative estimate of drug-likeness (QED) is 0.688. The third-order valence-corrected chi connectivity index (χ3v) is 3.09. The molecule has 0 radical (unpaired) electrons. The van der Waals surface area contributed by atoms with Crippen LogP contribution in [0.25, 0.3) is 0 Å². The van der Waals surface area contributed by atoms with Crippen molar-refractivity contribution in [3.05, 3.63) is 0 Å². The average molecular weight is 194 g/mol. The van der Waals surface area contributed by atoms with Crippen molar-refractivity contribution in [2.75, 3.05) is 13.1 Å². The minimum Gasteiger partial charge on any atom is -0.288 e. The van der Waals surface area contributed by atoms with Crippen molar-refractivity contribution in [1.29, 1.82) is 5.26 Å². The summed E-state index contributed by atoms with van der Waals surface area (Å²) in [5.41, 5.74) is 0. The molecule has 0 aromatic rings. The first-order valence-corrected chi connectivity index (χ1v) is 5.91. The highest BCUT2D eigenvalue weighted by atomic mass is 15.2. The second kappa shape index (κ2) is 6.03. The van der Waals surface area contributed by atoms with E-state index in [4.69, 9.17) is 5.26 Å². The van der Waals surface area contributed by atoms with Gasteiger partial charge < -0.3 is 0 Å². The molecule has 80 valence electrons. The second-order valence-corrected chi connectivity index (χ2v) is 4.53. The smallest absolute Gasteiger partial charge is 0.0978 e. The molecule has 1 rings (SSSR count). The van der Waals surface area contributed by atoms with Gasteiger partial charge in [0.2, 0.25) is 0 Å². The highest BCUT2D eigenvalue weighted by Crippen LogP contribution is 2.19. The molecule has 0 aromatic carbocycles. The van der Waals surface area contributed by atoms with E-state index in [1.165, 1.54) is 25.7 Å². The maximum Gasteiger partial charge on any atom is 0.0978 e. The highest BCUT2D eigenvalue weighted by molar-refractivity contribution is 4.94. The summed E-state index contributed by atoms with van der Waals surface area (Å²) in [5, 5.41) is 9.01. The molecule has 1 aliphatic heterocycles. The Hall–Kier alpha value is -0.550. The fraction of sp³-hybridized carbons (Fsp3) is 0.917. The lowest BCUT2D eigenvalue weighted by molar-refractivity contribution is 0.158. The van der Waals surface area contributed by atoms with Gasteiger partial charge in [-0.2, -0.15) is 5.26 Å². The van der Waals surface area contributed by atoms with Gasteiger partial charge >= 0.3 is 0 Å². The molecular formula is C12H22N2. The van der Waals surface area contributed by atoms with Crippen molar-refractivity contribution in [2.45, 2.75) is 52.0 Å². The third-order valence-electron chi connectivity index (χ3n) is 3.09. The number of piperidine rings is 1. The Kier molecular flexibility index (Phi) is 4.97. The van der Waals surface area contributed by atoms with Crippen LogP contribution >= 0.6 is 0 Å². The molecule has 14 heavy (non-hydrogen) atoms. The van der Waals surface area contributed by atoms with Crippen molar-refractivity contribution in [3.63, 3.8) is 0 Å². The van der Waals surface area contributed by atoms with E-state index in [1.807, 2.05) is 0 Å². The molecule has 0 spiro atoms. The molecule has 0 N–H and O–H groups in total. The van der Waals surface area contributed by atoms with E-state index in [2.05, 4.69) is 24.8 Å². The number of nitrogens with zero attached hydrogens (tertiary/aromatic N) is 2. The predicted molar refractivity (Wildman–Crippen MR) is 58.9 cm³/mol. The van der Waals surface area contributed by atoms with Crippen LogP contribution in [0.4, 0.5) is 0 Å². The topological polar surface area (TPSA) is 27.0 Å². The Morgan fingerprint density at radius 1 is 1.50 bits per heavy atom. The first-order chi connectivity index (χ1) is 6.77. The molecule has 0 saturated carbocycles. The Morgan fingerprint density at radius 3 is 2.93 bits per heavy atom. The Balaban J connectivity index is 2.37. The molecule has 2 atom stereocenters. The molecule has 1 saturated heterocycles. The number of nitriles is 1. The number of likely N-dealkylation sites (tertiary alicyclic amines) is 1. The lowest BCUT2D eigenvalue weighted by Crippen LogP contribution is -2.41. The maximum absolute atomic E-state index is 9.01. The molecule has 0 aliphatic carbocycles. The van der Waals surface area contributed by atoms with Crippen LogP contribution in [-0.4, -0.2) is 24.0 Å². The molecule has 1 heterocycles. The van der Waals surface area contributed by atoms with Gasteiger partial charge in [0.1, 0.15) is 0 Å². The summed E-state index contributed by atoms with van der Waals surface area (Å²) in [6.07, 6.45) is 6.13. The molecular weight excluding hydrogens is 172 g/mol. The Labute approximate surface area is 87.9 Å². The fourth-order valence-corrected chi connectivity index (χ4v) is 2.34. The van der Waals surface area contributed by atoms with Crippen LogP contribution in [0.3, 0.4) is 0 Å². The van der Waals surface area contributed by atoms with Crippen LogP contribution in [0.2, 0.25) is 0 Å². The maximum atomic E-state index is 9.01. The molecule has 0 aromatic heterocycles. The van der Waals surface area contributed by atoms with Crippen LogP contribution in [0.15, 0.2) is 0 Å². The van der Waals surface area contributed by atoms with Crippen LogP contribution in [0, 0.1) is 17.2 Å². The van der Waals surface area contributed by atoms with Gasteiger partial charge in [0, 0.05) is 6.54 Å². The predicted octanol–water partition coefficient (Wildman–Crippen LogP) is 2.80. The van der Waals surface area contributed by atoms with Gasteiger partial charge in [0.25, 0.3) is 0 Å². The van der Waals surface area contributed by atoms with Gasteiger partial charge in [-0.15, -0.1) is 0 Å². The highest BCUT2D eigenvalue weighted by Gasteiger charge is 2.22. The van der Waals surface area contributed by atoms with Crippen LogP contribution in [-0.2, 0) is 0 Å². The van der Waals surface area contributed by atoms with Gasteiger partial charge in [0.15, 0.2) is 0 Å². The van der Waals surface area contributed by atoms with E-state index < -0.39 is 0 Å². The summed E-state index contributed by atoms with van der Waals surface area (Å²) < 4.78 is 0. The third kappa shape index (κ3) is 3.31. The SMILES string of the molecule is CCCC(C)CN1CCCCC1C#N. The van der Waals surface area contributed by atoms with Crippen molar-refractivity contribution in [3.8, 4) is 6.07 Å². The first kappa shape index (κ1) is 11.5. The zero-order chi connectivity index (χ0) is 10.4. The van der Waals surface area contributed by atoms with E-state index in [9.17, 15) is 0 Å². The lowest BCUT2D eigenvalue weighted by atomic mass is 9.99. The van der Waals surface area contributed by atoms with E-state index in [0.29, 0.717) is 0 Å². The molecule has 0 bridgehead atoms. The van der Waals surface area contributed by atoms with E-state index in [1.54, 1.807) is 0 Å². The van der Waals surface area contributed by atoms with Gasteiger partial charge in [-0.3, -0.25) is 4.90 Å². The second-order valence-electron chi connectivity index (χ2n) is 4.53. The Bertz CT molecular complexity index is 195. The summed E-state index contributed by atoms with van der Waals surface area (Å²) in [6, 6.07) is 2.62.